The van der Waals surface area contributed by atoms with Crippen LogP contribution in [0.5, 0.6) is 0 Å². The molecule has 0 unspecified atom stereocenters. The van der Waals surface area contributed by atoms with Gasteiger partial charge in [0.1, 0.15) is 0 Å². The molecule has 20 heavy (non-hydrogen) atoms. The summed E-state index contributed by atoms with van der Waals surface area (Å²) in [4.78, 5) is 11.7. The molecule has 0 saturated heterocycles. The number of hydrogen-bond donors (Lipinski definition) is 1. The molecule has 0 aromatic heterocycles. The molecule has 0 spiro atoms. The lowest BCUT2D eigenvalue weighted by molar-refractivity contribution is -0.222. The molecule has 2 saturated carbocycles. The molecule has 0 aromatic rings. The summed E-state index contributed by atoms with van der Waals surface area (Å²) in [6, 6.07) is 0. The van der Waals surface area contributed by atoms with Crippen molar-refractivity contribution in [1.82, 2.24) is 0 Å². The number of esters is 1. The van der Waals surface area contributed by atoms with Gasteiger partial charge in [-0.1, -0.05) is 13.5 Å². The van der Waals surface area contributed by atoms with Crippen molar-refractivity contribution in [2.75, 3.05) is 7.11 Å². The maximum atomic E-state index is 11.7. The van der Waals surface area contributed by atoms with E-state index < -0.39 is 11.4 Å². The Kier molecular flexibility index (Phi) is 2.73. The monoisotopic (exact) mass is 278 g/mol. The van der Waals surface area contributed by atoms with Gasteiger partial charge in [0, 0.05) is 30.1 Å². The Balaban J connectivity index is 2.10. The van der Waals surface area contributed by atoms with Crippen molar-refractivity contribution in [1.29, 1.82) is 0 Å². The Bertz CT molecular complexity index is 519. The average Bonchev–Trinajstić information content (AvgIpc) is 2.66. The summed E-state index contributed by atoms with van der Waals surface area (Å²) in [6.45, 7) is 8.02. The minimum absolute atomic E-state index is 0.0189. The Morgan fingerprint density at radius 3 is 2.85 bits per heavy atom. The van der Waals surface area contributed by atoms with Crippen LogP contribution in [0, 0.1) is 11.3 Å². The highest BCUT2D eigenvalue weighted by molar-refractivity contribution is 5.86. The van der Waals surface area contributed by atoms with Gasteiger partial charge in [0.15, 0.2) is 0 Å². The number of carbonyl (C=O) groups excluding carboxylic acids is 1. The van der Waals surface area contributed by atoms with Crippen molar-refractivity contribution in [2.45, 2.75) is 50.9 Å². The number of carbonyl (C=O) groups is 1. The van der Waals surface area contributed by atoms with E-state index in [1.165, 1.54) is 0 Å². The fourth-order valence-corrected chi connectivity index (χ4v) is 4.18. The van der Waals surface area contributed by atoms with Crippen molar-refractivity contribution in [3.05, 3.63) is 23.8 Å². The Morgan fingerprint density at radius 1 is 1.50 bits per heavy atom. The molecular weight excluding hydrogens is 256 g/mol. The fraction of sp³-hybridized carbons (Fsp3) is 0.688. The number of ether oxygens (including phenoxy) is 2. The predicted molar refractivity (Wildman–Crippen MR) is 73.7 cm³/mol. The highest BCUT2D eigenvalue weighted by Crippen LogP contribution is 2.59. The van der Waals surface area contributed by atoms with E-state index in [0.717, 1.165) is 24.0 Å². The van der Waals surface area contributed by atoms with Gasteiger partial charge in [-0.25, -0.2) is 4.79 Å². The first-order chi connectivity index (χ1) is 9.25. The molecule has 110 valence electrons. The van der Waals surface area contributed by atoms with Crippen LogP contribution >= 0.6 is 0 Å². The molecule has 0 radical (unpaired) electrons. The standard InChI is InChI=1S/C16H22O4/c1-10-7-12-9-14(2,15(10,3)18)6-5-11-8-13(17)20-16(11,12)19-4/h8,12,18H,1,5-7,9H2,2-4H3/t12-,14-,15-,16+/m1/s1. The van der Waals surface area contributed by atoms with Gasteiger partial charge < -0.3 is 14.6 Å². The van der Waals surface area contributed by atoms with Crippen molar-refractivity contribution in [3.63, 3.8) is 0 Å². The topological polar surface area (TPSA) is 55.8 Å². The Labute approximate surface area is 119 Å². The molecule has 2 fully saturated rings. The second kappa shape index (κ2) is 3.95. The highest BCUT2D eigenvalue weighted by Gasteiger charge is 2.61. The van der Waals surface area contributed by atoms with Crippen molar-refractivity contribution < 1.29 is 19.4 Å². The van der Waals surface area contributed by atoms with E-state index >= 15 is 0 Å². The molecule has 1 N–H and O–H groups in total. The van der Waals surface area contributed by atoms with Gasteiger partial charge in [-0.15, -0.1) is 0 Å². The molecule has 3 rings (SSSR count). The molecule has 1 aliphatic heterocycles. The van der Waals surface area contributed by atoms with Gasteiger partial charge in [-0.05, 0) is 38.2 Å². The molecule has 2 bridgehead atoms. The lowest BCUT2D eigenvalue weighted by Gasteiger charge is -2.51. The SMILES string of the molecule is C=C1C[C@@H]2C[C@@](C)(CCC3=CC(=O)O[C@@]32OC)[C@]1(C)O. The van der Waals surface area contributed by atoms with E-state index in [-0.39, 0.29) is 17.3 Å². The molecule has 0 amide bonds. The predicted octanol–water partition coefficient (Wildman–Crippen LogP) is 2.33. The van der Waals surface area contributed by atoms with E-state index in [1.807, 2.05) is 6.92 Å². The third-order valence-corrected chi connectivity index (χ3v) is 5.83. The molecule has 0 aromatic carbocycles. The first-order valence-electron chi connectivity index (χ1n) is 7.15. The lowest BCUT2D eigenvalue weighted by atomic mass is 9.58. The molecule has 4 nitrogen and oxygen atoms in total. The van der Waals surface area contributed by atoms with E-state index in [4.69, 9.17) is 9.47 Å². The largest absolute Gasteiger partial charge is 0.425 e. The maximum absolute atomic E-state index is 11.7. The third-order valence-electron chi connectivity index (χ3n) is 5.83. The second-order valence-electron chi connectivity index (χ2n) is 6.80. The van der Waals surface area contributed by atoms with Crippen LogP contribution < -0.4 is 0 Å². The molecule has 4 heteroatoms. The lowest BCUT2D eigenvalue weighted by Crippen LogP contribution is -2.53. The maximum Gasteiger partial charge on any atom is 0.333 e. The first-order valence-corrected chi connectivity index (χ1v) is 7.15. The average molecular weight is 278 g/mol. The van der Waals surface area contributed by atoms with Crippen molar-refractivity contribution in [3.8, 4) is 0 Å². The summed E-state index contributed by atoms with van der Waals surface area (Å²) >= 11 is 0. The quantitative estimate of drug-likeness (QED) is 0.591. The molecule has 4 atom stereocenters. The zero-order valence-electron chi connectivity index (χ0n) is 12.4. The summed E-state index contributed by atoms with van der Waals surface area (Å²) in [5.41, 5.74) is 0.554. The van der Waals surface area contributed by atoms with Crippen LogP contribution in [0.25, 0.3) is 0 Å². The fourth-order valence-electron chi connectivity index (χ4n) is 4.18. The summed E-state index contributed by atoms with van der Waals surface area (Å²) in [5.74, 6) is -1.26. The van der Waals surface area contributed by atoms with Crippen LogP contribution in [0.3, 0.4) is 0 Å². The van der Waals surface area contributed by atoms with Crippen molar-refractivity contribution >= 4 is 5.97 Å². The summed E-state index contributed by atoms with van der Waals surface area (Å²) < 4.78 is 11.2. The van der Waals surface area contributed by atoms with Crippen LogP contribution in [0.15, 0.2) is 23.8 Å². The normalized spacial score (nSPS) is 47.4. The second-order valence-corrected chi connectivity index (χ2v) is 6.80. The molecule has 2 aliphatic carbocycles. The zero-order valence-corrected chi connectivity index (χ0v) is 12.4. The minimum Gasteiger partial charge on any atom is -0.425 e. The van der Waals surface area contributed by atoms with Gasteiger partial charge in [-0.3, -0.25) is 0 Å². The molecule has 3 aliphatic rings. The van der Waals surface area contributed by atoms with Crippen LogP contribution in [0.1, 0.15) is 39.5 Å². The van der Waals surface area contributed by atoms with Gasteiger partial charge in [-0.2, -0.15) is 0 Å². The van der Waals surface area contributed by atoms with Gasteiger partial charge >= 0.3 is 5.97 Å². The Morgan fingerprint density at radius 2 is 2.20 bits per heavy atom. The number of hydrogen-bond acceptors (Lipinski definition) is 4. The number of aliphatic hydroxyl groups is 1. The minimum atomic E-state index is -0.950. The van der Waals surface area contributed by atoms with Crippen molar-refractivity contribution in [2.24, 2.45) is 11.3 Å². The van der Waals surface area contributed by atoms with Gasteiger partial charge in [0.05, 0.1) is 5.60 Å². The van der Waals surface area contributed by atoms with Crippen LogP contribution in [-0.2, 0) is 14.3 Å². The number of methoxy groups -OCH3 is 1. The Hall–Kier alpha value is -1.13. The summed E-state index contributed by atoms with van der Waals surface area (Å²) in [5, 5.41) is 10.8. The molecule has 1 heterocycles. The zero-order chi connectivity index (χ0) is 14.8. The molecular formula is C16H22O4. The van der Waals surface area contributed by atoms with Gasteiger partial charge in [0.2, 0.25) is 5.79 Å². The van der Waals surface area contributed by atoms with E-state index in [0.29, 0.717) is 12.8 Å². The van der Waals surface area contributed by atoms with Crippen LogP contribution in [0.4, 0.5) is 0 Å². The first kappa shape index (κ1) is 13.8. The summed E-state index contributed by atoms with van der Waals surface area (Å²) in [6.07, 6.45) is 4.43. The smallest absolute Gasteiger partial charge is 0.333 e. The van der Waals surface area contributed by atoms with E-state index in [2.05, 4.69) is 13.5 Å². The highest BCUT2D eigenvalue weighted by atomic mass is 16.7. The number of rotatable bonds is 1. The van der Waals surface area contributed by atoms with Gasteiger partial charge in [0.25, 0.3) is 0 Å². The van der Waals surface area contributed by atoms with Crippen LogP contribution in [0.2, 0.25) is 0 Å². The van der Waals surface area contributed by atoms with Crippen LogP contribution in [-0.4, -0.2) is 29.6 Å². The summed E-state index contributed by atoms with van der Waals surface area (Å²) in [7, 11) is 1.59. The van der Waals surface area contributed by atoms with E-state index in [9.17, 15) is 9.90 Å². The van der Waals surface area contributed by atoms with E-state index in [1.54, 1.807) is 13.2 Å². The third kappa shape index (κ3) is 1.52. The number of fused-ring (bicyclic) bond motifs is 4.